The van der Waals surface area contributed by atoms with Gasteiger partial charge in [0.25, 0.3) is 0 Å². The normalized spacial score (nSPS) is 14.1. The molecule has 0 spiro atoms. The van der Waals surface area contributed by atoms with Gasteiger partial charge in [0.15, 0.2) is 5.60 Å². The molecule has 0 fully saturated rings. The van der Waals surface area contributed by atoms with Crippen molar-refractivity contribution in [3.63, 3.8) is 0 Å². The van der Waals surface area contributed by atoms with E-state index in [1.807, 2.05) is 66.7 Å². The van der Waals surface area contributed by atoms with Gasteiger partial charge in [-0.2, -0.15) is 0 Å². The molecule has 0 bridgehead atoms. The molecule has 1 aliphatic heterocycles. The molecule has 0 saturated heterocycles. The zero-order valence-corrected chi connectivity index (χ0v) is 13.0. The Labute approximate surface area is 139 Å². The van der Waals surface area contributed by atoms with Crippen molar-refractivity contribution < 1.29 is 5.11 Å². The number of pyridine rings is 1. The molecule has 1 aromatic heterocycles. The van der Waals surface area contributed by atoms with Crippen LogP contribution in [0.15, 0.2) is 82.7 Å². The molecule has 4 rings (SSSR count). The second kappa shape index (κ2) is 5.58. The van der Waals surface area contributed by atoms with Crippen LogP contribution in [-0.2, 0) is 5.60 Å². The minimum Gasteiger partial charge on any atom is -0.369 e. The van der Waals surface area contributed by atoms with Crippen molar-refractivity contribution in [2.45, 2.75) is 15.4 Å². The Hall–Kier alpha value is -2.54. The van der Waals surface area contributed by atoms with Crippen LogP contribution in [0.2, 0.25) is 0 Å². The molecule has 0 atom stereocenters. The van der Waals surface area contributed by atoms with E-state index in [1.165, 1.54) is 0 Å². The number of rotatable bonds is 0. The fraction of sp³-hybridized carbons (Fsp3) is 0.0500. The summed E-state index contributed by atoms with van der Waals surface area (Å²) >= 11 is 1.66. The van der Waals surface area contributed by atoms with Gasteiger partial charge in [0.2, 0.25) is 0 Å². The van der Waals surface area contributed by atoms with Crippen molar-refractivity contribution in [1.82, 2.24) is 4.98 Å². The first kappa shape index (κ1) is 14.1. The van der Waals surface area contributed by atoms with Crippen LogP contribution in [0.1, 0.15) is 16.8 Å². The smallest absolute Gasteiger partial charge is 0.179 e. The van der Waals surface area contributed by atoms with Crippen LogP contribution in [0.25, 0.3) is 0 Å². The van der Waals surface area contributed by atoms with Crippen molar-refractivity contribution >= 4 is 11.8 Å². The zero-order valence-electron chi connectivity index (χ0n) is 12.2. The summed E-state index contributed by atoms with van der Waals surface area (Å²) in [6, 6.07) is 21.3. The lowest BCUT2D eigenvalue weighted by Crippen LogP contribution is -2.29. The van der Waals surface area contributed by atoms with Crippen molar-refractivity contribution in [2.24, 2.45) is 0 Å². The van der Waals surface area contributed by atoms with Crippen LogP contribution in [0.5, 0.6) is 0 Å². The van der Waals surface area contributed by atoms with Gasteiger partial charge < -0.3 is 5.11 Å². The second-order valence-electron chi connectivity index (χ2n) is 5.27. The minimum absolute atomic E-state index is 0.647. The highest BCUT2D eigenvalue weighted by Gasteiger charge is 2.37. The Balaban J connectivity index is 1.92. The topological polar surface area (TPSA) is 33.1 Å². The molecule has 2 nitrogen and oxygen atoms in total. The predicted octanol–water partition coefficient (Wildman–Crippen LogP) is 3.83. The van der Waals surface area contributed by atoms with E-state index in [4.69, 9.17) is 0 Å². The Kier molecular flexibility index (Phi) is 3.42. The van der Waals surface area contributed by atoms with E-state index in [-0.39, 0.29) is 0 Å². The average molecular weight is 315 g/mol. The molecular formula is C20H13NOS. The summed E-state index contributed by atoms with van der Waals surface area (Å²) in [7, 11) is 0. The summed E-state index contributed by atoms with van der Waals surface area (Å²) in [5, 5.41) is 11.4. The highest BCUT2D eigenvalue weighted by atomic mass is 32.2. The van der Waals surface area contributed by atoms with Gasteiger partial charge in [-0.1, -0.05) is 60.1 Å². The highest BCUT2D eigenvalue weighted by Crippen LogP contribution is 2.47. The maximum absolute atomic E-state index is 11.4. The molecule has 0 unspecified atom stereocenters. The zero-order chi connectivity index (χ0) is 15.7. The van der Waals surface area contributed by atoms with E-state index in [1.54, 1.807) is 18.0 Å². The van der Waals surface area contributed by atoms with Gasteiger partial charge in [0, 0.05) is 27.1 Å². The Bertz CT molecular complexity index is 879. The highest BCUT2D eigenvalue weighted by molar-refractivity contribution is 7.99. The maximum atomic E-state index is 11.4. The van der Waals surface area contributed by atoms with Crippen molar-refractivity contribution in [1.29, 1.82) is 0 Å². The van der Waals surface area contributed by atoms with Crippen LogP contribution < -0.4 is 0 Å². The van der Waals surface area contributed by atoms with Crippen LogP contribution >= 0.6 is 11.8 Å². The first-order valence-electron chi connectivity index (χ1n) is 7.31. The Morgan fingerprint density at radius 1 is 0.826 bits per heavy atom. The largest absolute Gasteiger partial charge is 0.369 e. The first-order valence-corrected chi connectivity index (χ1v) is 8.12. The monoisotopic (exact) mass is 315 g/mol. The standard InChI is InChI=1S/C20H13NOS/c22-20(13-12-15-7-5-6-14-21-15)16-8-1-3-10-18(16)23-19-11-4-2-9-17(19)20/h1-11,14,22H. The van der Waals surface area contributed by atoms with Crippen LogP contribution in [0, 0.1) is 11.8 Å². The lowest BCUT2D eigenvalue weighted by Gasteiger charge is -2.31. The van der Waals surface area contributed by atoms with Crippen molar-refractivity contribution in [3.05, 3.63) is 89.7 Å². The van der Waals surface area contributed by atoms with Crippen molar-refractivity contribution in [3.8, 4) is 11.8 Å². The van der Waals surface area contributed by atoms with E-state index < -0.39 is 5.60 Å². The van der Waals surface area contributed by atoms with E-state index >= 15 is 0 Å². The molecule has 2 heterocycles. The fourth-order valence-electron chi connectivity index (χ4n) is 2.70. The van der Waals surface area contributed by atoms with Gasteiger partial charge in [-0.05, 0) is 30.2 Å². The molecule has 0 aliphatic carbocycles. The number of aliphatic hydroxyl groups is 1. The third kappa shape index (κ3) is 2.43. The average Bonchev–Trinajstić information content (AvgIpc) is 2.61. The Morgan fingerprint density at radius 3 is 2.04 bits per heavy atom. The molecule has 2 aromatic carbocycles. The molecule has 3 aromatic rings. The lowest BCUT2D eigenvalue weighted by atomic mass is 9.86. The number of benzene rings is 2. The summed E-state index contributed by atoms with van der Waals surface area (Å²) < 4.78 is 0. The lowest BCUT2D eigenvalue weighted by molar-refractivity contribution is 0.138. The molecule has 0 amide bonds. The van der Waals surface area contributed by atoms with Crippen molar-refractivity contribution in [2.75, 3.05) is 0 Å². The third-order valence-electron chi connectivity index (χ3n) is 3.81. The maximum Gasteiger partial charge on any atom is 0.179 e. The van der Waals surface area contributed by atoms with E-state index in [2.05, 4.69) is 16.8 Å². The summed E-state index contributed by atoms with van der Waals surface area (Å²) in [6.07, 6.45) is 1.70. The summed E-state index contributed by atoms with van der Waals surface area (Å²) in [6.45, 7) is 0. The van der Waals surface area contributed by atoms with E-state index in [0.717, 1.165) is 20.9 Å². The molecule has 110 valence electrons. The second-order valence-corrected chi connectivity index (χ2v) is 6.35. The molecule has 3 heteroatoms. The van der Waals surface area contributed by atoms with E-state index in [9.17, 15) is 5.11 Å². The molecule has 23 heavy (non-hydrogen) atoms. The summed E-state index contributed by atoms with van der Waals surface area (Å²) in [5.74, 6) is 6.07. The van der Waals surface area contributed by atoms with E-state index in [0.29, 0.717) is 5.69 Å². The molecule has 1 aliphatic rings. The third-order valence-corrected chi connectivity index (χ3v) is 4.96. The summed E-state index contributed by atoms with van der Waals surface area (Å²) in [5.41, 5.74) is 0.976. The van der Waals surface area contributed by atoms with Gasteiger partial charge in [0.05, 0.1) is 0 Å². The fourth-order valence-corrected chi connectivity index (χ4v) is 3.88. The van der Waals surface area contributed by atoms with Crippen LogP contribution in [0.3, 0.4) is 0 Å². The number of nitrogens with zero attached hydrogens (tertiary/aromatic N) is 1. The van der Waals surface area contributed by atoms with Gasteiger partial charge in [-0.15, -0.1) is 0 Å². The minimum atomic E-state index is -1.32. The number of fused-ring (bicyclic) bond motifs is 2. The molecule has 0 radical (unpaired) electrons. The SMILES string of the molecule is OC1(C#Cc2ccccn2)c2ccccc2Sc2ccccc21. The summed E-state index contributed by atoms with van der Waals surface area (Å²) in [4.78, 5) is 6.28. The van der Waals surface area contributed by atoms with Gasteiger partial charge in [-0.3, -0.25) is 0 Å². The quantitative estimate of drug-likeness (QED) is 0.640. The Morgan fingerprint density at radius 2 is 1.43 bits per heavy atom. The van der Waals surface area contributed by atoms with Crippen LogP contribution in [-0.4, -0.2) is 10.1 Å². The van der Waals surface area contributed by atoms with Gasteiger partial charge >= 0.3 is 0 Å². The molecule has 1 N–H and O–H groups in total. The molecule has 0 saturated carbocycles. The first-order chi connectivity index (χ1) is 11.3. The predicted molar refractivity (Wildman–Crippen MR) is 91.1 cm³/mol. The van der Waals surface area contributed by atoms with Crippen LogP contribution in [0.4, 0.5) is 0 Å². The number of hydrogen-bond acceptors (Lipinski definition) is 3. The number of hydrogen-bond donors (Lipinski definition) is 1. The molecular weight excluding hydrogens is 302 g/mol. The van der Waals surface area contributed by atoms with Gasteiger partial charge in [0.1, 0.15) is 5.69 Å². The van der Waals surface area contributed by atoms with Gasteiger partial charge in [-0.25, -0.2) is 4.98 Å². The number of aromatic nitrogens is 1.